The van der Waals surface area contributed by atoms with Crippen molar-refractivity contribution >= 4 is 23.4 Å². The van der Waals surface area contributed by atoms with Crippen LogP contribution in [0.5, 0.6) is 17.2 Å². The molecule has 35 heavy (non-hydrogen) atoms. The Bertz CT molecular complexity index is 1320. The number of pyridine rings is 1. The molecule has 1 heterocycles. The number of aromatic hydroxyl groups is 1. The lowest BCUT2D eigenvalue weighted by molar-refractivity contribution is -0.136. The third kappa shape index (κ3) is 5.55. The van der Waals surface area contributed by atoms with Crippen LogP contribution in [0, 0.1) is 6.92 Å². The van der Waals surface area contributed by atoms with Crippen molar-refractivity contribution in [3.8, 4) is 28.4 Å². The van der Waals surface area contributed by atoms with Crippen molar-refractivity contribution in [1.29, 1.82) is 0 Å². The smallest absolute Gasteiger partial charge is 0.326 e. The van der Waals surface area contributed by atoms with E-state index in [9.17, 15) is 19.5 Å². The molecule has 2 aromatic carbocycles. The van der Waals surface area contributed by atoms with Gasteiger partial charge in [0.05, 0.1) is 26.3 Å². The van der Waals surface area contributed by atoms with Crippen LogP contribution in [0.25, 0.3) is 11.1 Å². The first-order valence-electron chi connectivity index (χ1n) is 10.7. The van der Waals surface area contributed by atoms with Crippen LogP contribution in [-0.4, -0.2) is 47.5 Å². The highest BCUT2D eigenvalue weighted by atomic mass is 16.5. The Hall–Kier alpha value is -4.47. The second-order valence-electron chi connectivity index (χ2n) is 7.75. The van der Waals surface area contributed by atoms with E-state index in [-0.39, 0.29) is 24.3 Å². The van der Waals surface area contributed by atoms with Gasteiger partial charge in [0.2, 0.25) is 0 Å². The van der Waals surface area contributed by atoms with Gasteiger partial charge in [-0.15, -0.1) is 0 Å². The molecule has 184 valence electrons. The fourth-order valence-electron chi connectivity index (χ4n) is 3.50. The molecule has 10 heteroatoms. The molecular weight excluding hydrogens is 454 g/mol. The SMILES string of the molecule is COc1cccc(-c2cc(OC)cc(N(C(=O)NCCC(=O)O)c3c(O)cc(C)n(C)c3=O)c2)c1. The van der Waals surface area contributed by atoms with Crippen molar-refractivity contribution in [3.63, 3.8) is 0 Å². The highest BCUT2D eigenvalue weighted by Crippen LogP contribution is 2.37. The van der Waals surface area contributed by atoms with Gasteiger partial charge in [-0.2, -0.15) is 0 Å². The van der Waals surface area contributed by atoms with E-state index in [1.807, 2.05) is 12.1 Å². The van der Waals surface area contributed by atoms with Crippen LogP contribution >= 0.6 is 0 Å². The van der Waals surface area contributed by atoms with Gasteiger partial charge in [-0.3, -0.25) is 14.5 Å². The number of nitrogens with one attached hydrogen (secondary N) is 1. The molecule has 3 aromatic rings. The molecular formula is C25H27N3O7. The molecule has 3 N–H and O–H groups in total. The number of carbonyl (C=O) groups is 2. The van der Waals surface area contributed by atoms with Crippen molar-refractivity contribution in [2.75, 3.05) is 25.7 Å². The minimum absolute atomic E-state index is 0.176. The van der Waals surface area contributed by atoms with Gasteiger partial charge < -0.3 is 29.6 Å². The number of aliphatic carboxylic acids is 1. The highest BCUT2D eigenvalue weighted by Gasteiger charge is 2.27. The van der Waals surface area contributed by atoms with Crippen LogP contribution < -0.4 is 25.2 Å². The summed E-state index contributed by atoms with van der Waals surface area (Å²) in [5.41, 5.74) is 1.25. The van der Waals surface area contributed by atoms with Gasteiger partial charge in [0.1, 0.15) is 17.2 Å². The standard InChI is InChI=1S/C25H27N3O7/c1-15-10-21(29)23(24(32)27(15)2)28(25(33)26-9-8-22(30)31)18-11-17(13-20(14-18)35-4)16-6-5-7-19(12-16)34-3/h5-7,10-14,29H,8-9H2,1-4H3,(H,26,33)(H,30,31). The van der Waals surface area contributed by atoms with E-state index in [4.69, 9.17) is 14.6 Å². The van der Waals surface area contributed by atoms with E-state index in [2.05, 4.69) is 5.32 Å². The van der Waals surface area contributed by atoms with Gasteiger partial charge in [0, 0.05) is 31.4 Å². The lowest BCUT2D eigenvalue weighted by Crippen LogP contribution is -2.41. The number of methoxy groups -OCH3 is 2. The van der Waals surface area contributed by atoms with Crippen molar-refractivity contribution in [1.82, 2.24) is 9.88 Å². The number of urea groups is 1. The van der Waals surface area contributed by atoms with Gasteiger partial charge >= 0.3 is 12.0 Å². The maximum Gasteiger partial charge on any atom is 0.326 e. The summed E-state index contributed by atoms with van der Waals surface area (Å²) in [6.07, 6.45) is -0.315. The number of benzene rings is 2. The summed E-state index contributed by atoms with van der Waals surface area (Å²) in [4.78, 5) is 38.4. The van der Waals surface area contributed by atoms with Crippen LogP contribution in [0.4, 0.5) is 16.2 Å². The molecule has 10 nitrogen and oxygen atoms in total. The first-order chi connectivity index (χ1) is 16.7. The fraction of sp³-hybridized carbons (Fsp3) is 0.240. The molecule has 0 atom stereocenters. The van der Waals surface area contributed by atoms with E-state index < -0.39 is 23.3 Å². The first kappa shape index (κ1) is 25.2. The second-order valence-corrected chi connectivity index (χ2v) is 7.75. The number of anilines is 2. The number of hydrogen-bond donors (Lipinski definition) is 3. The summed E-state index contributed by atoms with van der Waals surface area (Å²) in [6.45, 7) is 1.47. The minimum atomic E-state index is -1.09. The van der Waals surface area contributed by atoms with Gasteiger partial charge in [-0.25, -0.2) is 4.79 Å². The maximum absolute atomic E-state index is 13.3. The molecule has 0 aliphatic rings. The average Bonchev–Trinajstić information content (AvgIpc) is 2.84. The molecule has 0 radical (unpaired) electrons. The lowest BCUT2D eigenvalue weighted by Gasteiger charge is -2.25. The topological polar surface area (TPSA) is 130 Å². The molecule has 0 saturated heterocycles. The minimum Gasteiger partial charge on any atom is -0.505 e. The molecule has 0 unspecified atom stereocenters. The number of rotatable bonds is 8. The van der Waals surface area contributed by atoms with Crippen LogP contribution in [-0.2, 0) is 11.8 Å². The van der Waals surface area contributed by atoms with Crippen LogP contribution in [0.1, 0.15) is 12.1 Å². The Balaban J connectivity index is 2.22. The van der Waals surface area contributed by atoms with E-state index in [0.29, 0.717) is 22.8 Å². The van der Waals surface area contributed by atoms with Gasteiger partial charge in [-0.1, -0.05) is 12.1 Å². The van der Waals surface area contributed by atoms with Crippen molar-refractivity contribution in [2.24, 2.45) is 7.05 Å². The Morgan fingerprint density at radius 1 is 1.03 bits per heavy atom. The fourth-order valence-corrected chi connectivity index (χ4v) is 3.50. The predicted molar refractivity (Wildman–Crippen MR) is 131 cm³/mol. The number of carboxylic acids is 1. The number of nitrogens with zero attached hydrogens (tertiary/aromatic N) is 2. The van der Waals surface area contributed by atoms with Crippen LogP contribution in [0.2, 0.25) is 0 Å². The third-order valence-electron chi connectivity index (χ3n) is 5.45. The van der Waals surface area contributed by atoms with E-state index in [0.717, 1.165) is 10.5 Å². The summed E-state index contributed by atoms with van der Waals surface area (Å²) < 4.78 is 12.1. The van der Waals surface area contributed by atoms with Gasteiger partial charge in [0.15, 0.2) is 5.69 Å². The summed E-state index contributed by atoms with van der Waals surface area (Å²) >= 11 is 0. The summed E-state index contributed by atoms with van der Waals surface area (Å²) in [6, 6.07) is 12.8. The van der Waals surface area contributed by atoms with E-state index >= 15 is 0 Å². The summed E-state index contributed by atoms with van der Waals surface area (Å²) in [5, 5.41) is 22.1. The number of hydrogen-bond acceptors (Lipinski definition) is 6. The molecule has 3 rings (SSSR count). The monoisotopic (exact) mass is 481 g/mol. The molecule has 0 spiro atoms. The van der Waals surface area contributed by atoms with Crippen molar-refractivity contribution < 1.29 is 29.3 Å². The number of amides is 2. The Labute approximate surface area is 202 Å². The number of carboxylic acid groups (broad SMARTS) is 1. The van der Waals surface area contributed by atoms with Crippen LogP contribution in [0.3, 0.4) is 0 Å². The maximum atomic E-state index is 13.3. The average molecular weight is 482 g/mol. The zero-order valence-corrected chi connectivity index (χ0v) is 19.9. The molecule has 2 amide bonds. The van der Waals surface area contributed by atoms with Gasteiger partial charge in [-0.05, 0) is 42.3 Å². The second kappa shape index (κ2) is 10.6. The Kier molecular flexibility index (Phi) is 7.65. The predicted octanol–water partition coefficient (Wildman–Crippen LogP) is 3.41. The van der Waals surface area contributed by atoms with Gasteiger partial charge in [0.25, 0.3) is 5.56 Å². The molecule has 0 saturated carbocycles. The molecule has 0 bridgehead atoms. The van der Waals surface area contributed by atoms with Crippen LogP contribution in [0.15, 0.2) is 53.3 Å². The number of carbonyl (C=O) groups excluding carboxylic acids is 1. The van der Waals surface area contributed by atoms with Crippen molar-refractivity contribution in [2.45, 2.75) is 13.3 Å². The first-order valence-corrected chi connectivity index (χ1v) is 10.7. The largest absolute Gasteiger partial charge is 0.505 e. The molecule has 0 aliphatic heterocycles. The molecule has 0 aliphatic carbocycles. The zero-order valence-electron chi connectivity index (χ0n) is 19.9. The molecule has 1 aromatic heterocycles. The quantitative estimate of drug-likeness (QED) is 0.449. The number of aryl methyl sites for hydroxylation is 1. The lowest BCUT2D eigenvalue weighted by atomic mass is 10.0. The van der Waals surface area contributed by atoms with Crippen molar-refractivity contribution in [3.05, 3.63) is 64.6 Å². The normalized spacial score (nSPS) is 10.5. The summed E-state index contributed by atoms with van der Waals surface area (Å²) in [5.74, 6) is -0.468. The Morgan fingerprint density at radius 2 is 1.71 bits per heavy atom. The Morgan fingerprint density at radius 3 is 2.37 bits per heavy atom. The molecule has 0 fully saturated rings. The number of aromatic nitrogens is 1. The van der Waals surface area contributed by atoms with E-state index in [1.54, 1.807) is 44.4 Å². The zero-order chi connectivity index (χ0) is 25.7. The summed E-state index contributed by atoms with van der Waals surface area (Å²) in [7, 11) is 4.54. The highest BCUT2D eigenvalue weighted by molar-refractivity contribution is 6.01. The van der Waals surface area contributed by atoms with E-state index in [1.165, 1.54) is 24.8 Å². The number of ether oxygens (including phenoxy) is 2. The third-order valence-corrected chi connectivity index (χ3v) is 5.45.